The molecule has 9 heteroatoms. The highest BCUT2D eigenvalue weighted by Gasteiger charge is 2.30. The first kappa shape index (κ1) is 20.1. The molecule has 1 aromatic carbocycles. The topological polar surface area (TPSA) is 76.0 Å². The molecule has 1 unspecified atom stereocenters. The maximum absolute atomic E-state index is 13.0. The van der Waals surface area contributed by atoms with E-state index >= 15 is 0 Å². The molecule has 2 heterocycles. The minimum absolute atomic E-state index is 0.123. The molecule has 6 nitrogen and oxygen atoms in total. The van der Waals surface area contributed by atoms with Crippen LogP contribution in [0.2, 0.25) is 0 Å². The Morgan fingerprint density at radius 2 is 2.14 bits per heavy atom. The summed E-state index contributed by atoms with van der Waals surface area (Å²) in [5.41, 5.74) is -1.29. The highest BCUT2D eigenvalue weighted by atomic mass is 19.4. The minimum atomic E-state index is -4.50. The normalized spacial score (nSPS) is 17.4. The quantitative estimate of drug-likeness (QED) is 0.834. The van der Waals surface area contributed by atoms with Crippen LogP contribution in [0.3, 0.4) is 0 Å². The van der Waals surface area contributed by atoms with Gasteiger partial charge < -0.3 is 10.6 Å². The Bertz CT molecular complexity index is 918. The van der Waals surface area contributed by atoms with Gasteiger partial charge in [-0.05, 0) is 57.0 Å². The Balaban J connectivity index is 1.86. The van der Waals surface area contributed by atoms with Gasteiger partial charge in [0.15, 0.2) is 5.69 Å². The van der Waals surface area contributed by atoms with Gasteiger partial charge in [0, 0.05) is 18.3 Å². The van der Waals surface area contributed by atoms with Crippen LogP contribution in [-0.4, -0.2) is 35.3 Å². The SMILES string of the molecule is Cc1cc(=O)c(C(=O)NCC2CCCNC2)nn1-c1cccc(C(F)(F)F)c1. The van der Waals surface area contributed by atoms with Crippen molar-refractivity contribution >= 4 is 5.91 Å². The van der Waals surface area contributed by atoms with Crippen LogP contribution in [0, 0.1) is 12.8 Å². The molecule has 0 bridgehead atoms. The molecule has 0 aliphatic carbocycles. The second-order valence-electron chi connectivity index (χ2n) is 6.88. The highest BCUT2D eigenvalue weighted by molar-refractivity contribution is 5.92. The van der Waals surface area contributed by atoms with Crippen molar-refractivity contribution in [3.63, 3.8) is 0 Å². The smallest absolute Gasteiger partial charge is 0.350 e. The summed E-state index contributed by atoms with van der Waals surface area (Å²) in [5.74, 6) is -0.356. The number of piperidine rings is 1. The molecule has 28 heavy (non-hydrogen) atoms. The number of amides is 1. The van der Waals surface area contributed by atoms with Gasteiger partial charge in [-0.25, -0.2) is 4.68 Å². The number of benzene rings is 1. The zero-order valence-corrected chi connectivity index (χ0v) is 15.3. The second kappa shape index (κ2) is 8.14. The summed E-state index contributed by atoms with van der Waals surface area (Å²) in [4.78, 5) is 24.7. The van der Waals surface area contributed by atoms with Crippen LogP contribution in [0.1, 0.15) is 34.6 Å². The summed E-state index contributed by atoms with van der Waals surface area (Å²) in [6.07, 6.45) is -2.51. The Hall–Kier alpha value is -2.68. The van der Waals surface area contributed by atoms with Gasteiger partial charge in [-0.1, -0.05) is 6.07 Å². The lowest BCUT2D eigenvalue weighted by Gasteiger charge is -2.22. The lowest BCUT2D eigenvalue weighted by atomic mass is 10.00. The standard InChI is InChI=1S/C19H21F3N4O2/c1-12-8-16(27)17(18(28)24-11-13-4-3-7-23-10-13)25-26(12)15-6-2-5-14(9-15)19(20,21)22/h2,5-6,8-9,13,23H,3-4,7,10-11H2,1H3,(H,24,28). The number of aromatic nitrogens is 2. The largest absolute Gasteiger partial charge is 0.416 e. The number of nitrogens with zero attached hydrogens (tertiary/aromatic N) is 2. The number of hydrogen-bond acceptors (Lipinski definition) is 4. The second-order valence-corrected chi connectivity index (χ2v) is 6.88. The predicted octanol–water partition coefficient (Wildman–Crippen LogP) is 2.29. The van der Waals surface area contributed by atoms with Crippen molar-refractivity contribution < 1.29 is 18.0 Å². The van der Waals surface area contributed by atoms with E-state index in [1.807, 2.05) is 0 Å². The number of carbonyl (C=O) groups excluding carboxylic acids is 1. The van der Waals surface area contributed by atoms with E-state index in [1.54, 1.807) is 6.92 Å². The third-order valence-corrected chi connectivity index (χ3v) is 4.69. The zero-order valence-electron chi connectivity index (χ0n) is 15.3. The average Bonchev–Trinajstić information content (AvgIpc) is 2.66. The Kier molecular flexibility index (Phi) is 5.83. The van der Waals surface area contributed by atoms with E-state index in [-0.39, 0.29) is 17.3 Å². The Morgan fingerprint density at radius 1 is 1.36 bits per heavy atom. The van der Waals surface area contributed by atoms with Gasteiger partial charge in [0.2, 0.25) is 5.43 Å². The third kappa shape index (κ3) is 4.59. The lowest BCUT2D eigenvalue weighted by Crippen LogP contribution is -2.40. The van der Waals surface area contributed by atoms with Crippen molar-refractivity contribution in [2.75, 3.05) is 19.6 Å². The fourth-order valence-electron chi connectivity index (χ4n) is 3.20. The van der Waals surface area contributed by atoms with E-state index < -0.39 is 23.1 Å². The van der Waals surface area contributed by atoms with E-state index in [1.165, 1.54) is 22.9 Å². The molecule has 1 aliphatic rings. The molecular weight excluding hydrogens is 373 g/mol. The van der Waals surface area contributed by atoms with Crippen molar-refractivity contribution in [2.45, 2.75) is 25.9 Å². The van der Waals surface area contributed by atoms with Crippen LogP contribution in [0.5, 0.6) is 0 Å². The maximum atomic E-state index is 13.0. The van der Waals surface area contributed by atoms with Gasteiger partial charge in [-0.15, -0.1) is 0 Å². The molecule has 2 N–H and O–H groups in total. The predicted molar refractivity (Wildman–Crippen MR) is 97.5 cm³/mol. The Morgan fingerprint density at radius 3 is 2.82 bits per heavy atom. The summed E-state index contributed by atoms with van der Waals surface area (Å²) in [6.45, 7) is 3.69. The third-order valence-electron chi connectivity index (χ3n) is 4.69. The van der Waals surface area contributed by atoms with Crippen LogP contribution in [0.15, 0.2) is 35.1 Å². The number of rotatable bonds is 4. The van der Waals surface area contributed by atoms with Crippen molar-refractivity contribution in [3.8, 4) is 5.69 Å². The van der Waals surface area contributed by atoms with Gasteiger partial charge in [0.25, 0.3) is 5.91 Å². The summed E-state index contributed by atoms with van der Waals surface area (Å²) in [6, 6.07) is 5.78. The van der Waals surface area contributed by atoms with Crippen molar-refractivity contribution in [3.05, 3.63) is 57.5 Å². The highest BCUT2D eigenvalue weighted by Crippen LogP contribution is 2.30. The zero-order chi connectivity index (χ0) is 20.3. The van der Waals surface area contributed by atoms with Gasteiger partial charge in [0.05, 0.1) is 11.3 Å². The number of nitrogens with one attached hydrogen (secondary N) is 2. The molecule has 1 aliphatic heterocycles. The molecule has 1 atom stereocenters. The van der Waals surface area contributed by atoms with E-state index in [0.29, 0.717) is 12.2 Å². The van der Waals surface area contributed by atoms with Gasteiger partial charge in [-0.3, -0.25) is 9.59 Å². The minimum Gasteiger partial charge on any atom is -0.350 e. The first-order valence-electron chi connectivity index (χ1n) is 9.03. The van der Waals surface area contributed by atoms with Crippen molar-refractivity contribution in [1.82, 2.24) is 20.4 Å². The van der Waals surface area contributed by atoms with Gasteiger partial charge >= 0.3 is 6.18 Å². The summed E-state index contributed by atoms with van der Waals surface area (Å²) in [5, 5.41) is 9.99. The maximum Gasteiger partial charge on any atom is 0.416 e. The first-order chi connectivity index (χ1) is 13.3. The lowest BCUT2D eigenvalue weighted by molar-refractivity contribution is -0.137. The van der Waals surface area contributed by atoms with E-state index in [4.69, 9.17) is 0 Å². The van der Waals surface area contributed by atoms with Crippen molar-refractivity contribution in [1.29, 1.82) is 0 Å². The molecule has 0 spiro atoms. The molecule has 0 radical (unpaired) electrons. The summed E-state index contributed by atoms with van der Waals surface area (Å²) in [7, 11) is 0. The van der Waals surface area contributed by atoms with Crippen molar-refractivity contribution in [2.24, 2.45) is 5.92 Å². The number of hydrogen-bond donors (Lipinski definition) is 2. The van der Waals surface area contributed by atoms with E-state index in [0.717, 1.165) is 38.1 Å². The molecule has 150 valence electrons. The molecule has 1 aromatic heterocycles. The van der Waals surface area contributed by atoms with E-state index in [9.17, 15) is 22.8 Å². The summed E-state index contributed by atoms with van der Waals surface area (Å²) < 4.78 is 40.1. The number of alkyl halides is 3. The van der Waals surface area contributed by atoms with Crippen LogP contribution >= 0.6 is 0 Å². The molecule has 1 saturated heterocycles. The van der Waals surface area contributed by atoms with E-state index in [2.05, 4.69) is 15.7 Å². The molecule has 3 rings (SSSR count). The average molecular weight is 394 g/mol. The monoisotopic (exact) mass is 394 g/mol. The molecule has 0 saturated carbocycles. The molecule has 1 amide bonds. The molecule has 1 fully saturated rings. The number of halogens is 3. The van der Waals surface area contributed by atoms with Crippen LogP contribution < -0.4 is 16.1 Å². The fraction of sp³-hybridized carbons (Fsp3) is 0.421. The number of carbonyl (C=O) groups is 1. The summed E-state index contributed by atoms with van der Waals surface area (Å²) >= 11 is 0. The molecular formula is C19H21F3N4O2. The number of aryl methyl sites for hydroxylation is 1. The first-order valence-corrected chi connectivity index (χ1v) is 9.03. The van der Waals surface area contributed by atoms with Gasteiger partial charge in [-0.2, -0.15) is 18.3 Å². The van der Waals surface area contributed by atoms with Gasteiger partial charge in [0.1, 0.15) is 0 Å². The van der Waals surface area contributed by atoms with Crippen LogP contribution in [0.4, 0.5) is 13.2 Å². The molecule has 2 aromatic rings. The fourth-order valence-corrected chi connectivity index (χ4v) is 3.20. The van der Waals surface area contributed by atoms with Crippen LogP contribution in [0.25, 0.3) is 5.69 Å². The Labute approximate surface area is 159 Å². The van der Waals surface area contributed by atoms with Crippen LogP contribution in [-0.2, 0) is 6.18 Å².